The minimum atomic E-state index is -0.331. The zero-order chi connectivity index (χ0) is 40.7. The van der Waals surface area contributed by atoms with Crippen LogP contribution in [0.4, 0.5) is 16.6 Å². The monoisotopic (exact) mass is 781 g/mol. The summed E-state index contributed by atoms with van der Waals surface area (Å²) in [5, 5.41) is 37.1. The Balaban J connectivity index is 0.00000177. The molecule has 57 heavy (non-hydrogen) atoms. The van der Waals surface area contributed by atoms with Gasteiger partial charge in [0.1, 0.15) is 30.0 Å². The van der Waals surface area contributed by atoms with Gasteiger partial charge in [0.15, 0.2) is 5.65 Å². The summed E-state index contributed by atoms with van der Waals surface area (Å²) in [7, 11) is 3.97. The van der Waals surface area contributed by atoms with E-state index < -0.39 is 0 Å². The van der Waals surface area contributed by atoms with E-state index >= 15 is 0 Å². The van der Waals surface area contributed by atoms with Crippen LogP contribution in [0, 0.1) is 0 Å². The average Bonchev–Trinajstić information content (AvgIpc) is 3.81. The van der Waals surface area contributed by atoms with E-state index in [2.05, 4.69) is 65.6 Å². The zero-order valence-corrected chi connectivity index (χ0v) is 33.7. The summed E-state index contributed by atoms with van der Waals surface area (Å²) in [6, 6.07) is 19.4. The first-order valence-electron chi connectivity index (χ1n) is 19.5. The second-order valence-corrected chi connectivity index (χ2v) is 15.9. The summed E-state index contributed by atoms with van der Waals surface area (Å²) in [5.74, 6) is 2.71. The number of pyridine rings is 1. The summed E-state index contributed by atoms with van der Waals surface area (Å²) in [6.45, 7) is 10.3. The number of hydrogen-bond donors (Lipinski definition) is 4. The number of carbonyl (C=O) groups is 2. The molecule has 0 radical (unpaired) electrons. The first-order chi connectivity index (χ1) is 27.4. The van der Waals surface area contributed by atoms with Gasteiger partial charge in [0.2, 0.25) is 5.95 Å². The number of aliphatic hydroxyl groups is 1. The Morgan fingerprint density at radius 3 is 2.51 bits per heavy atom. The third kappa shape index (κ3) is 9.66. The van der Waals surface area contributed by atoms with Crippen LogP contribution in [0.1, 0.15) is 94.3 Å². The lowest BCUT2D eigenvalue weighted by Gasteiger charge is -2.33. The molecule has 1 saturated heterocycles. The van der Waals surface area contributed by atoms with E-state index in [4.69, 9.17) is 24.5 Å². The van der Waals surface area contributed by atoms with Crippen molar-refractivity contribution in [1.29, 1.82) is 0 Å². The standard InChI is InChI=1S/C41H53N9O4.CH2O2/c1-27-11-9-10-20-48(27)40-45-44-37-19-16-30(25-49(37)40)54-34-18-17-33(31-12-7-8-13-32(31)34)42-39(52)43-38-24-36(41(2,3)4)46-50(38)29-15-14-28(26-51)35(23-29)53-22-21-47(5)6;2-1-3/h7-8,12-16,19,23-25,27,33-34,51H,9-11,17-18,20-22,26H2,1-6H3,(H2,42,43,52);1H,(H,2,3)/t27-,33-,34+;/m0./s1. The van der Waals surface area contributed by atoms with Crippen molar-refractivity contribution >= 4 is 29.9 Å². The number of anilines is 2. The molecule has 3 aromatic heterocycles. The number of carbonyl (C=O) groups excluding carboxylic acids is 1. The third-order valence-electron chi connectivity index (χ3n) is 10.4. The van der Waals surface area contributed by atoms with Gasteiger partial charge in [-0.3, -0.25) is 14.5 Å². The first-order valence-corrected chi connectivity index (χ1v) is 19.5. The summed E-state index contributed by atoms with van der Waals surface area (Å²) in [5.41, 5.74) is 4.82. The molecule has 4 heterocycles. The van der Waals surface area contributed by atoms with Crippen molar-refractivity contribution in [2.75, 3.05) is 44.0 Å². The molecule has 0 unspecified atom stereocenters. The van der Waals surface area contributed by atoms with Crippen LogP contribution in [0.25, 0.3) is 11.3 Å². The molecule has 1 fully saturated rings. The highest BCUT2D eigenvalue weighted by atomic mass is 16.5. The van der Waals surface area contributed by atoms with Crippen molar-refractivity contribution in [1.82, 2.24) is 34.6 Å². The van der Waals surface area contributed by atoms with E-state index in [0.29, 0.717) is 41.9 Å². The number of benzene rings is 2. The third-order valence-corrected chi connectivity index (χ3v) is 10.4. The molecule has 7 rings (SSSR count). The molecule has 304 valence electrons. The molecule has 0 saturated carbocycles. The lowest BCUT2D eigenvalue weighted by molar-refractivity contribution is -0.122. The number of fused-ring (bicyclic) bond motifs is 2. The maximum Gasteiger partial charge on any atom is 0.320 e. The van der Waals surface area contributed by atoms with Gasteiger partial charge in [0, 0.05) is 42.2 Å². The molecule has 0 spiro atoms. The molecule has 3 atom stereocenters. The molecular weight excluding hydrogens is 727 g/mol. The quantitative estimate of drug-likeness (QED) is 0.108. The number of nitrogens with one attached hydrogen (secondary N) is 2. The van der Waals surface area contributed by atoms with E-state index in [1.807, 2.05) is 78.1 Å². The van der Waals surface area contributed by atoms with Crippen molar-refractivity contribution < 1.29 is 29.3 Å². The predicted octanol–water partition coefficient (Wildman–Crippen LogP) is 6.50. The fourth-order valence-corrected chi connectivity index (χ4v) is 7.33. The Hall–Kier alpha value is -5.67. The highest BCUT2D eigenvalue weighted by Gasteiger charge is 2.31. The summed E-state index contributed by atoms with van der Waals surface area (Å²) < 4.78 is 16.5. The maximum atomic E-state index is 13.8. The van der Waals surface area contributed by atoms with Crippen LogP contribution in [-0.4, -0.2) is 91.8 Å². The fourth-order valence-electron chi connectivity index (χ4n) is 7.33. The second-order valence-electron chi connectivity index (χ2n) is 15.9. The Kier molecular flexibility index (Phi) is 13.0. The van der Waals surface area contributed by atoms with Gasteiger partial charge in [0.25, 0.3) is 6.47 Å². The molecule has 2 amide bonds. The molecule has 5 aromatic rings. The molecule has 0 bridgehead atoms. The van der Waals surface area contributed by atoms with Crippen molar-refractivity contribution in [2.45, 2.75) is 90.0 Å². The Bertz CT molecular complexity index is 2140. The Morgan fingerprint density at radius 2 is 1.79 bits per heavy atom. The highest BCUT2D eigenvalue weighted by Crippen LogP contribution is 2.39. The molecular formula is C42H55N9O6. The predicted molar refractivity (Wildman–Crippen MR) is 219 cm³/mol. The van der Waals surface area contributed by atoms with Gasteiger partial charge < -0.3 is 34.8 Å². The van der Waals surface area contributed by atoms with Gasteiger partial charge >= 0.3 is 6.03 Å². The van der Waals surface area contributed by atoms with Crippen LogP contribution in [-0.2, 0) is 16.8 Å². The van der Waals surface area contributed by atoms with Crippen molar-refractivity contribution in [3.05, 3.63) is 89.2 Å². The molecule has 2 aromatic carbocycles. The van der Waals surface area contributed by atoms with E-state index in [1.165, 1.54) is 6.42 Å². The minimum absolute atomic E-state index is 0.150. The normalized spacial score (nSPS) is 18.0. The molecule has 15 heteroatoms. The van der Waals surface area contributed by atoms with Crippen LogP contribution in [0.15, 0.2) is 66.9 Å². The maximum absolute atomic E-state index is 13.8. The SMILES string of the molecule is C[C@H]1CCCCN1c1nnc2ccc(O[C@@H]3CC[C@H](NC(=O)Nc4cc(C(C)(C)C)nn4-c4ccc(CO)c(OCCN(C)C)c4)c4ccccc43)cn12.O=CO. The van der Waals surface area contributed by atoms with Gasteiger partial charge in [-0.1, -0.05) is 51.1 Å². The minimum Gasteiger partial charge on any atom is -0.492 e. The lowest BCUT2D eigenvalue weighted by Crippen LogP contribution is -2.38. The number of carboxylic acid groups (broad SMARTS) is 1. The number of ether oxygens (including phenoxy) is 2. The second kappa shape index (κ2) is 18.1. The molecule has 1 aliphatic heterocycles. The smallest absolute Gasteiger partial charge is 0.320 e. The number of piperidine rings is 1. The lowest BCUT2D eigenvalue weighted by atomic mass is 9.85. The summed E-state index contributed by atoms with van der Waals surface area (Å²) in [4.78, 5) is 26.5. The van der Waals surface area contributed by atoms with E-state index in [-0.39, 0.29) is 36.7 Å². The van der Waals surface area contributed by atoms with E-state index in [1.54, 1.807) is 4.68 Å². The van der Waals surface area contributed by atoms with Crippen molar-refractivity contribution in [3.63, 3.8) is 0 Å². The number of urea groups is 1. The fraction of sp³-hybridized carbons (Fsp3) is 0.452. The van der Waals surface area contributed by atoms with Crippen LogP contribution in [0.2, 0.25) is 0 Å². The topological polar surface area (TPSA) is 172 Å². The Labute approximate surface area is 333 Å². The van der Waals surface area contributed by atoms with Crippen LogP contribution in [0.5, 0.6) is 11.5 Å². The van der Waals surface area contributed by atoms with Gasteiger partial charge in [-0.05, 0) is 82.4 Å². The van der Waals surface area contributed by atoms with Gasteiger partial charge in [-0.15, -0.1) is 10.2 Å². The van der Waals surface area contributed by atoms with Crippen molar-refractivity contribution in [3.8, 4) is 17.2 Å². The largest absolute Gasteiger partial charge is 0.492 e. The van der Waals surface area contributed by atoms with Gasteiger partial charge in [-0.2, -0.15) is 5.10 Å². The Morgan fingerprint density at radius 1 is 1.02 bits per heavy atom. The summed E-state index contributed by atoms with van der Waals surface area (Å²) >= 11 is 0. The number of amides is 2. The number of aliphatic hydroxyl groups excluding tert-OH is 1. The average molecular weight is 782 g/mol. The number of nitrogens with zero attached hydrogens (tertiary/aromatic N) is 7. The van der Waals surface area contributed by atoms with Gasteiger partial charge in [0.05, 0.1) is 30.2 Å². The zero-order valence-electron chi connectivity index (χ0n) is 33.7. The summed E-state index contributed by atoms with van der Waals surface area (Å²) in [6.07, 6.45) is 6.76. The highest BCUT2D eigenvalue weighted by molar-refractivity contribution is 5.89. The molecule has 2 aliphatic rings. The number of rotatable bonds is 11. The number of aromatic nitrogens is 5. The van der Waals surface area contributed by atoms with Gasteiger partial charge in [-0.25, -0.2) is 9.48 Å². The molecule has 15 nitrogen and oxygen atoms in total. The van der Waals surface area contributed by atoms with Crippen LogP contribution in [0.3, 0.4) is 0 Å². The first kappa shape index (κ1) is 41.0. The number of likely N-dealkylation sites (N-methyl/N-ethyl adjacent to an activating group) is 1. The van der Waals surface area contributed by atoms with E-state index in [0.717, 1.165) is 66.5 Å². The van der Waals surface area contributed by atoms with Crippen LogP contribution < -0.4 is 25.0 Å². The van der Waals surface area contributed by atoms with E-state index in [9.17, 15) is 9.90 Å². The molecule has 4 N–H and O–H groups in total. The van der Waals surface area contributed by atoms with Crippen LogP contribution >= 0.6 is 0 Å². The molecule has 1 aliphatic carbocycles. The van der Waals surface area contributed by atoms with Crippen molar-refractivity contribution in [2.24, 2.45) is 0 Å². The number of hydrogen-bond acceptors (Lipinski definition) is 10.